The number of aromatic nitrogens is 2. The van der Waals surface area contributed by atoms with Gasteiger partial charge in [0.15, 0.2) is 0 Å². The lowest BCUT2D eigenvalue weighted by atomic mass is 9.94. The lowest BCUT2D eigenvalue weighted by molar-refractivity contribution is -0.140. The first-order valence-corrected chi connectivity index (χ1v) is 11.4. The predicted molar refractivity (Wildman–Crippen MR) is 116 cm³/mol. The summed E-state index contributed by atoms with van der Waals surface area (Å²) < 4.78 is 1.81. The van der Waals surface area contributed by atoms with Crippen LogP contribution in [0.5, 0.6) is 0 Å². The number of carbonyl (C=O) groups is 2. The molecule has 160 valence electrons. The Hall–Kier alpha value is -1.82. The van der Waals surface area contributed by atoms with Crippen LogP contribution in [0.15, 0.2) is 6.08 Å². The van der Waals surface area contributed by atoms with E-state index in [1.807, 2.05) is 21.4 Å². The van der Waals surface area contributed by atoms with Crippen molar-refractivity contribution in [2.75, 3.05) is 26.2 Å². The Bertz CT molecular complexity index is 744. The molecular weight excluding hydrogens is 388 g/mol. The van der Waals surface area contributed by atoms with Gasteiger partial charge in [-0.15, -0.1) is 0 Å². The highest BCUT2D eigenvalue weighted by Gasteiger charge is 2.30. The molecule has 2 aliphatic heterocycles. The first kappa shape index (κ1) is 21.9. The first-order chi connectivity index (χ1) is 14.0. The molecule has 0 atom stereocenters. The van der Waals surface area contributed by atoms with Crippen LogP contribution < -0.4 is 0 Å². The van der Waals surface area contributed by atoms with Crippen molar-refractivity contribution >= 4 is 29.5 Å². The van der Waals surface area contributed by atoms with Crippen LogP contribution in [0.2, 0.25) is 5.15 Å². The number of aryl methyl sites for hydroxylation is 2. The minimum Gasteiger partial charge on any atom is -0.342 e. The molecule has 1 aromatic heterocycles. The molecule has 3 rings (SSSR count). The summed E-state index contributed by atoms with van der Waals surface area (Å²) in [5.74, 6) is 0.328. The second-order valence-electron chi connectivity index (χ2n) is 8.19. The molecule has 29 heavy (non-hydrogen) atoms. The van der Waals surface area contributed by atoms with E-state index in [0.29, 0.717) is 18.2 Å². The van der Waals surface area contributed by atoms with Gasteiger partial charge in [-0.2, -0.15) is 5.10 Å². The molecule has 0 unspecified atom stereocenters. The third-order valence-electron chi connectivity index (χ3n) is 6.05. The summed E-state index contributed by atoms with van der Waals surface area (Å²) in [6.07, 6.45) is 10.4. The molecule has 2 saturated heterocycles. The van der Waals surface area contributed by atoms with E-state index in [-0.39, 0.29) is 17.7 Å². The number of amides is 2. The smallest absolute Gasteiger partial charge is 0.246 e. The molecule has 0 aliphatic carbocycles. The van der Waals surface area contributed by atoms with E-state index >= 15 is 0 Å². The molecule has 3 heterocycles. The normalized spacial score (nSPS) is 18.6. The Kier molecular flexibility index (Phi) is 7.76. The van der Waals surface area contributed by atoms with Crippen LogP contribution in [0.25, 0.3) is 6.08 Å². The third kappa shape index (κ3) is 5.41. The Morgan fingerprint density at radius 2 is 1.79 bits per heavy atom. The topological polar surface area (TPSA) is 58.4 Å². The Labute approximate surface area is 178 Å². The molecule has 6 nitrogen and oxygen atoms in total. The lowest BCUT2D eigenvalue weighted by Gasteiger charge is -2.35. The zero-order valence-corrected chi connectivity index (χ0v) is 18.5. The van der Waals surface area contributed by atoms with Crippen LogP contribution in [-0.4, -0.2) is 57.6 Å². The second-order valence-corrected chi connectivity index (χ2v) is 8.54. The quantitative estimate of drug-likeness (QED) is 0.655. The summed E-state index contributed by atoms with van der Waals surface area (Å²) in [5.41, 5.74) is 1.65. The van der Waals surface area contributed by atoms with Gasteiger partial charge in [0.1, 0.15) is 5.15 Å². The van der Waals surface area contributed by atoms with Crippen molar-refractivity contribution in [3.8, 4) is 0 Å². The van der Waals surface area contributed by atoms with Crippen molar-refractivity contribution in [2.45, 2.75) is 65.3 Å². The number of likely N-dealkylation sites (tertiary alicyclic amines) is 2. The average molecular weight is 421 g/mol. The number of unbranched alkanes of at least 4 members (excludes halogenated alkanes) is 1. The van der Waals surface area contributed by atoms with Crippen molar-refractivity contribution in [1.82, 2.24) is 19.6 Å². The summed E-state index contributed by atoms with van der Waals surface area (Å²) in [4.78, 5) is 29.2. The molecule has 0 saturated carbocycles. The van der Waals surface area contributed by atoms with Gasteiger partial charge in [-0.3, -0.25) is 14.3 Å². The number of hydrogen-bond donors (Lipinski definition) is 0. The summed E-state index contributed by atoms with van der Waals surface area (Å²) in [6.45, 7) is 7.89. The predicted octanol–water partition coefficient (Wildman–Crippen LogP) is 3.91. The minimum absolute atomic E-state index is 0.0225. The van der Waals surface area contributed by atoms with Gasteiger partial charge in [-0.05, 0) is 51.5 Å². The Morgan fingerprint density at radius 3 is 2.45 bits per heavy atom. The number of carbonyl (C=O) groups excluding carboxylic acids is 2. The maximum atomic E-state index is 12.7. The molecule has 1 aromatic rings. The van der Waals surface area contributed by atoms with Gasteiger partial charge >= 0.3 is 0 Å². The molecule has 7 heteroatoms. The third-order valence-corrected chi connectivity index (χ3v) is 6.45. The van der Waals surface area contributed by atoms with E-state index in [1.165, 1.54) is 6.42 Å². The lowest BCUT2D eigenvalue weighted by Crippen LogP contribution is -2.45. The maximum absolute atomic E-state index is 12.7. The molecule has 2 fully saturated rings. The molecule has 2 aliphatic rings. The summed E-state index contributed by atoms with van der Waals surface area (Å²) in [5, 5.41) is 5.07. The highest BCUT2D eigenvalue weighted by Crippen LogP contribution is 2.24. The fourth-order valence-corrected chi connectivity index (χ4v) is 4.51. The SMILES string of the molecule is CCCCn1nc(C)c(/C=C/C(=O)N2CCC(C(=O)N3CCCCC3)CC2)c1Cl. The van der Waals surface area contributed by atoms with Crippen molar-refractivity contribution in [1.29, 1.82) is 0 Å². The second kappa shape index (κ2) is 10.3. The summed E-state index contributed by atoms with van der Waals surface area (Å²) in [6, 6.07) is 0. The van der Waals surface area contributed by atoms with Gasteiger partial charge in [0.25, 0.3) is 0 Å². The van der Waals surface area contributed by atoms with Crippen LogP contribution in [0.3, 0.4) is 0 Å². The molecule has 0 spiro atoms. The van der Waals surface area contributed by atoms with Crippen molar-refractivity contribution in [2.24, 2.45) is 5.92 Å². The minimum atomic E-state index is -0.0225. The maximum Gasteiger partial charge on any atom is 0.246 e. The van der Waals surface area contributed by atoms with Gasteiger partial charge in [-0.1, -0.05) is 24.9 Å². The van der Waals surface area contributed by atoms with E-state index in [9.17, 15) is 9.59 Å². The highest BCUT2D eigenvalue weighted by atomic mass is 35.5. The van der Waals surface area contributed by atoms with Crippen LogP contribution in [0, 0.1) is 12.8 Å². The zero-order valence-electron chi connectivity index (χ0n) is 17.7. The van der Waals surface area contributed by atoms with Crippen LogP contribution in [0.1, 0.15) is 63.1 Å². The van der Waals surface area contributed by atoms with E-state index in [0.717, 1.165) is 69.4 Å². The number of halogens is 1. The van der Waals surface area contributed by atoms with E-state index in [2.05, 4.69) is 12.0 Å². The summed E-state index contributed by atoms with van der Waals surface area (Å²) in [7, 11) is 0. The fourth-order valence-electron chi connectivity index (χ4n) is 4.19. The van der Waals surface area contributed by atoms with Gasteiger partial charge < -0.3 is 9.80 Å². The molecule has 0 aromatic carbocycles. The van der Waals surface area contributed by atoms with Crippen LogP contribution >= 0.6 is 11.6 Å². The Balaban J connectivity index is 1.53. The van der Waals surface area contributed by atoms with Crippen LogP contribution in [0.4, 0.5) is 0 Å². The van der Waals surface area contributed by atoms with E-state index < -0.39 is 0 Å². The van der Waals surface area contributed by atoms with E-state index in [4.69, 9.17) is 11.6 Å². The van der Waals surface area contributed by atoms with E-state index in [1.54, 1.807) is 12.2 Å². The van der Waals surface area contributed by atoms with Crippen molar-refractivity contribution < 1.29 is 9.59 Å². The average Bonchev–Trinajstić information content (AvgIpc) is 3.03. The standard InChI is InChI=1S/C22H33ClN4O2/c1-3-4-14-27-21(23)19(17(2)24-27)8-9-20(28)25-15-10-18(11-16-25)22(29)26-12-6-5-7-13-26/h8-9,18H,3-7,10-16H2,1-2H3/b9-8+. The number of nitrogens with zero attached hydrogens (tertiary/aromatic N) is 4. The molecule has 0 bridgehead atoms. The van der Waals surface area contributed by atoms with Crippen LogP contribution in [-0.2, 0) is 16.1 Å². The molecule has 2 amide bonds. The number of hydrogen-bond acceptors (Lipinski definition) is 3. The number of piperidine rings is 2. The van der Waals surface area contributed by atoms with Gasteiger partial charge in [0.05, 0.1) is 5.69 Å². The van der Waals surface area contributed by atoms with Crippen molar-refractivity contribution in [3.63, 3.8) is 0 Å². The molecule has 0 radical (unpaired) electrons. The summed E-state index contributed by atoms with van der Waals surface area (Å²) >= 11 is 6.44. The monoisotopic (exact) mass is 420 g/mol. The highest BCUT2D eigenvalue weighted by molar-refractivity contribution is 6.31. The zero-order chi connectivity index (χ0) is 20.8. The van der Waals surface area contributed by atoms with Gasteiger partial charge in [0.2, 0.25) is 11.8 Å². The molecule has 0 N–H and O–H groups in total. The largest absolute Gasteiger partial charge is 0.342 e. The van der Waals surface area contributed by atoms with Gasteiger partial charge in [0, 0.05) is 50.3 Å². The fraction of sp³-hybridized carbons (Fsp3) is 0.682. The Morgan fingerprint density at radius 1 is 1.10 bits per heavy atom. The first-order valence-electron chi connectivity index (χ1n) is 11.0. The number of rotatable bonds is 6. The molecular formula is C22H33ClN4O2. The van der Waals surface area contributed by atoms with Crippen molar-refractivity contribution in [3.05, 3.63) is 22.5 Å². The van der Waals surface area contributed by atoms with Gasteiger partial charge in [-0.25, -0.2) is 0 Å².